The number of carbonyl (C=O) groups excluding carboxylic acids is 1. The number of rotatable bonds is 8. The molecule has 204 valence electrons. The molecule has 0 fully saturated rings. The Bertz CT molecular complexity index is 1520. The lowest BCUT2D eigenvalue weighted by Gasteiger charge is -2.31. The number of hydrogen-bond donors (Lipinski definition) is 0. The topological polar surface area (TPSA) is 81.4 Å². The van der Waals surface area contributed by atoms with Crippen LogP contribution in [0.15, 0.2) is 88.9 Å². The second-order valence-electron chi connectivity index (χ2n) is 9.36. The summed E-state index contributed by atoms with van der Waals surface area (Å²) in [7, 11) is 3.06. The molecule has 0 spiro atoms. The van der Waals surface area contributed by atoms with E-state index in [1.807, 2.05) is 59.5 Å². The van der Waals surface area contributed by atoms with Crippen LogP contribution in [0.4, 0.5) is 11.4 Å². The van der Waals surface area contributed by atoms with Crippen molar-refractivity contribution in [3.05, 3.63) is 95.7 Å². The zero-order valence-electron chi connectivity index (χ0n) is 22.3. The van der Waals surface area contributed by atoms with E-state index < -0.39 is 0 Å². The maximum absolute atomic E-state index is 14.0. The summed E-state index contributed by atoms with van der Waals surface area (Å²) in [6.07, 6.45) is 1.62. The van der Waals surface area contributed by atoms with E-state index in [0.717, 1.165) is 71.3 Å². The average molecular weight is 556 g/mol. The summed E-state index contributed by atoms with van der Waals surface area (Å²) in [5, 5.41) is 5.32. The van der Waals surface area contributed by atoms with Gasteiger partial charge in [0, 0.05) is 42.1 Å². The lowest BCUT2D eigenvalue weighted by atomic mass is 10.1. The van der Waals surface area contributed by atoms with Crippen molar-refractivity contribution in [2.24, 2.45) is 4.99 Å². The van der Waals surface area contributed by atoms with Crippen LogP contribution in [0, 0.1) is 0 Å². The number of benzene rings is 3. The Morgan fingerprint density at radius 3 is 2.23 bits per heavy atom. The number of nitrogens with zero attached hydrogens (tertiary/aromatic N) is 5. The number of anilines is 2. The lowest BCUT2D eigenvalue weighted by molar-refractivity contribution is -0.160. The van der Waals surface area contributed by atoms with Crippen LogP contribution in [0.2, 0.25) is 0 Å². The van der Waals surface area contributed by atoms with Gasteiger partial charge >= 0.3 is 0 Å². The summed E-state index contributed by atoms with van der Waals surface area (Å²) in [6, 6.07) is 25.9. The molecule has 40 heavy (non-hydrogen) atoms. The first-order chi connectivity index (χ1) is 19.7. The van der Waals surface area contributed by atoms with Gasteiger partial charge in [-0.05, 0) is 61.4 Å². The molecule has 0 aliphatic carbocycles. The van der Waals surface area contributed by atoms with Gasteiger partial charge in [-0.15, -0.1) is 0 Å². The van der Waals surface area contributed by atoms with E-state index in [-0.39, 0.29) is 5.91 Å². The average Bonchev–Trinajstić information content (AvgIpc) is 3.40. The Labute approximate surface area is 237 Å². The molecular formula is C30H29N5O4S. The minimum absolute atomic E-state index is 0.119. The van der Waals surface area contributed by atoms with Gasteiger partial charge in [0.25, 0.3) is 5.91 Å². The third-order valence-electron chi connectivity index (χ3n) is 7.04. The molecule has 0 saturated heterocycles. The lowest BCUT2D eigenvalue weighted by Crippen LogP contribution is -2.39. The van der Waals surface area contributed by atoms with Crippen LogP contribution in [0.5, 0.6) is 5.75 Å². The predicted octanol–water partition coefficient (Wildman–Crippen LogP) is 5.33. The second-order valence-corrected chi connectivity index (χ2v) is 10.0. The highest BCUT2D eigenvalue weighted by Crippen LogP contribution is 2.34. The van der Waals surface area contributed by atoms with E-state index in [0.29, 0.717) is 23.7 Å². The predicted molar refractivity (Wildman–Crippen MR) is 156 cm³/mol. The summed E-state index contributed by atoms with van der Waals surface area (Å²) < 4.78 is 12.1. The Hall–Kier alpha value is -4.12. The Morgan fingerprint density at radius 1 is 0.825 bits per heavy atom. The van der Waals surface area contributed by atoms with Gasteiger partial charge in [0.15, 0.2) is 5.03 Å². The van der Waals surface area contributed by atoms with Gasteiger partial charge in [-0.2, -0.15) is 9.43 Å². The molecular weight excluding hydrogens is 526 g/mol. The quantitative estimate of drug-likeness (QED) is 0.165. The van der Waals surface area contributed by atoms with E-state index in [2.05, 4.69) is 29.2 Å². The van der Waals surface area contributed by atoms with Crippen molar-refractivity contribution in [2.75, 3.05) is 43.7 Å². The number of ether oxygens (including phenoxy) is 1. The first-order valence-corrected chi connectivity index (χ1v) is 13.8. The van der Waals surface area contributed by atoms with E-state index in [1.165, 1.54) is 7.11 Å². The molecule has 10 heteroatoms. The smallest absolute Gasteiger partial charge is 0.277 e. The summed E-state index contributed by atoms with van der Waals surface area (Å²) >= 11 is 1.01. The van der Waals surface area contributed by atoms with Crippen LogP contribution in [-0.2, 0) is 15.6 Å². The number of aromatic nitrogens is 2. The Kier molecular flexibility index (Phi) is 7.54. The standard InChI is InChI=1S/C30H29N5O4S/c1-37-25-15-13-24(14-16-25)35-27-26(29(32-35)40-39-38-2)17-20-34(30(27)36)23-11-9-22(10-12-23)33-19-6-18-31-28(33)21-7-4-3-5-8-21/h3-5,7-16H,6,17-20H2,1-2H3. The van der Waals surface area contributed by atoms with Gasteiger partial charge in [0.05, 0.1) is 31.9 Å². The fraction of sp³-hybridized carbons (Fsp3) is 0.233. The molecule has 0 atom stereocenters. The van der Waals surface area contributed by atoms with Crippen LogP contribution < -0.4 is 14.5 Å². The van der Waals surface area contributed by atoms with Gasteiger partial charge in [0.1, 0.15) is 17.3 Å². The molecule has 0 bridgehead atoms. The maximum Gasteiger partial charge on any atom is 0.277 e. The number of hydrogen-bond acceptors (Lipinski definition) is 8. The molecule has 0 N–H and O–H groups in total. The van der Waals surface area contributed by atoms with Crippen molar-refractivity contribution in [2.45, 2.75) is 17.9 Å². The zero-order chi connectivity index (χ0) is 27.5. The largest absolute Gasteiger partial charge is 0.497 e. The summed E-state index contributed by atoms with van der Waals surface area (Å²) in [5.74, 6) is 1.58. The number of carbonyl (C=O) groups is 1. The third-order valence-corrected chi connectivity index (χ3v) is 7.73. The van der Waals surface area contributed by atoms with Gasteiger partial charge in [-0.1, -0.05) is 30.3 Å². The van der Waals surface area contributed by atoms with Crippen LogP contribution in [0.1, 0.15) is 28.0 Å². The molecule has 3 heterocycles. The minimum atomic E-state index is -0.119. The second kappa shape index (κ2) is 11.5. The highest BCUT2D eigenvalue weighted by Gasteiger charge is 2.34. The first-order valence-electron chi connectivity index (χ1n) is 13.1. The molecule has 9 nitrogen and oxygen atoms in total. The van der Waals surface area contributed by atoms with Crippen molar-refractivity contribution in [1.82, 2.24) is 9.78 Å². The number of methoxy groups -OCH3 is 1. The van der Waals surface area contributed by atoms with E-state index in [4.69, 9.17) is 24.0 Å². The molecule has 6 rings (SSSR count). The van der Waals surface area contributed by atoms with Crippen molar-refractivity contribution in [1.29, 1.82) is 0 Å². The molecule has 3 aromatic carbocycles. The number of fused-ring (bicyclic) bond motifs is 1. The van der Waals surface area contributed by atoms with Crippen LogP contribution in [0.25, 0.3) is 5.69 Å². The van der Waals surface area contributed by atoms with Crippen molar-refractivity contribution in [3.63, 3.8) is 0 Å². The van der Waals surface area contributed by atoms with Gasteiger partial charge in [-0.3, -0.25) is 9.79 Å². The molecule has 1 aromatic heterocycles. The Balaban J connectivity index is 1.30. The van der Waals surface area contributed by atoms with Crippen molar-refractivity contribution in [3.8, 4) is 11.4 Å². The first kappa shape index (κ1) is 26.1. The summed E-state index contributed by atoms with van der Waals surface area (Å²) in [4.78, 5) is 27.6. The minimum Gasteiger partial charge on any atom is -0.497 e. The summed E-state index contributed by atoms with van der Waals surface area (Å²) in [5.41, 5.74) is 5.09. The molecule has 2 aliphatic heterocycles. The highest BCUT2D eigenvalue weighted by molar-refractivity contribution is 7.94. The van der Waals surface area contributed by atoms with Crippen molar-refractivity contribution >= 4 is 35.2 Å². The van der Waals surface area contributed by atoms with E-state index in [9.17, 15) is 4.79 Å². The molecule has 2 aliphatic rings. The molecule has 0 radical (unpaired) electrons. The highest BCUT2D eigenvalue weighted by atomic mass is 32.2. The van der Waals surface area contributed by atoms with Crippen molar-refractivity contribution < 1.29 is 18.8 Å². The van der Waals surface area contributed by atoms with Crippen LogP contribution >= 0.6 is 12.0 Å². The maximum atomic E-state index is 14.0. The van der Waals surface area contributed by atoms with Gasteiger partial charge in [-0.25, -0.2) is 9.57 Å². The summed E-state index contributed by atoms with van der Waals surface area (Å²) in [6.45, 7) is 2.24. The SMILES string of the molecule is COOSc1nn(-c2ccc(OC)cc2)c2c1CCN(c1ccc(N3CCCN=C3c3ccccc3)cc1)C2=O. The monoisotopic (exact) mass is 555 g/mol. The fourth-order valence-corrected chi connectivity index (χ4v) is 5.67. The number of aliphatic imine (C=N–C) groups is 1. The third kappa shape index (κ3) is 4.97. The normalized spacial score (nSPS) is 15.2. The van der Waals surface area contributed by atoms with E-state index in [1.54, 1.807) is 11.8 Å². The van der Waals surface area contributed by atoms with E-state index >= 15 is 0 Å². The van der Waals surface area contributed by atoms with Gasteiger partial charge < -0.3 is 14.5 Å². The molecule has 0 saturated carbocycles. The van der Waals surface area contributed by atoms with Gasteiger partial charge in [0.2, 0.25) is 0 Å². The number of amides is 1. The van der Waals surface area contributed by atoms with Crippen LogP contribution in [-0.4, -0.2) is 55.4 Å². The molecule has 1 amide bonds. The number of amidine groups is 1. The van der Waals surface area contributed by atoms with Crippen LogP contribution in [0.3, 0.4) is 0 Å². The fourth-order valence-electron chi connectivity index (χ4n) is 5.12. The Morgan fingerprint density at radius 2 is 1.52 bits per heavy atom. The molecule has 4 aromatic rings. The zero-order valence-corrected chi connectivity index (χ0v) is 23.1. The molecule has 0 unspecified atom stereocenters.